The molecule has 0 fully saturated rings. The van der Waals surface area contributed by atoms with Crippen LogP contribution in [0.5, 0.6) is 0 Å². The van der Waals surface area contributed by atoms with Gasteiger partial charge < -0.3 is 37.9 Å². The summed E-state index contributed by atoms with van der Waals surface area (Å²) in [6.45, 7) is 8.15. The third-order valence-corrected chi connectivity index (χ3v) is 7.62. The van der Waals surface area contributed by atoms with E-state index in [1.807, 2.05) is 36.4 Å². The van der Waals surface area contributed by atoms with Gasteiger partial charge in [-0.3, -0.25) is 0 Å². The molecule has 10 heteroatoms. The minimum absolute atomic E-state index is 0.499. The van der Waals surface area contributed by atoms with E-state index >= 15 is 0 Å². The van der Waals surface area contributed by atoms with E-state index in [2.05, 4.69) is 31.9 Å². The Labute approximate surface area is 242 Å². The molecule has 0 unspecified atom stereocenters. The first kappa shape index (κ1) is 31.6. The number of benzene rings is 2. The van der Waals surface area contributed by atoms with E-state index in [4.69, 9.17) is 37.9 Å². The van der Waals surface area contributed by atoms with Crippen molar-refractivity contribution in [3.05, 3.63) is 67.6 Å². The van der Waals surface area contributed by atoms with Crippen molar-refractivity contribution in [1.82, 2.24) is 0 Å². The van der Waals surface area contributed by atoms with Gasteiger partial charge in [0.1, 0.15) is 0 Å². The molecule has 1 aliphatic heterocycles. The lowest BCUT2D eigenvalue weighted by atomic mass is 10.1. The normalized spacial score (nSPS) is 19.4. The van der Waals surface area contributed by atoms with Crippen molar-refractivity contribution in [2.75, 3.05) is 79.3 Å². The number of ether oxygens (including phenoxy) is 8. The molecular formula is C28H38Br2O8. The van der Waals surface area contributed by atoms with E-state index in [0.717, 1.165) is 31.2 Å². The van der Waals surface area contributed by atoms with Crippen molar-refractivity contribution in [2.45, 2.75) is 26.4 Å². The van der Waals surface area contributed by atoms with Crippen LogP contribution in [0.2, 0.25) is 0 Å². The fraction of sp³-hybridized carbons (Fsp3) is 0.571. The lowest BCUT2D eigenvalue weighted by Gasteiger charge is -2.12. The zero-order chi connectivity index (χ0) is 26.7. The second-order valence-electron chi connectivity index (χ2n) is 8.44. The Kier molecular flexibility index (Phi) is 16.7. The largest absolute Gasteiger partial charge is 0.377 e. The molecule has 0 atom stereocenters. The van der Waals surface area contributed by atoms with E-state index in [1.54, 1.807) is 0 Å². The van der Waals surface area contributed by atoms with Gasteiger partial charge in [0.25, 0.3) is 0 Å². The minimum atomic E-state index is 0.499. The van der Waals surface area contributed by atoms with Crippen molar-refractivity contribution < 1.29 is 37.9 Å². The molecular weight excluding hydrogens is 624 g/mol. The molecule has 0 aliphatic carbocycles. The topological polar surface area (TPSA) is 73.8 Å². The van der Waals surface area contributed by atoms with Gasteiger partial charge in [0.2, 0.25) is 0 Å². The fourth-order valence-electron chi connectivity index (χ4n) is 3.56. The van der Waals surface area contributed by atoms with Gasteiger partial charge in [0, 0.05) is 8.95 Å². The van der Waals surface area contributed by atoms with Gasteiger partial charge in [0.15, 0.2) is 0 Å². The molecule has 4 bridgehead atoms. The predicted octanol–water partition coefficient (Wildman–Crippen LogP) is 5.06. The monoisotopic (exact) mass is 660 g/mol. The van der Waals surface area contributed by atoms with Gasteiger partial charge in [-0.25, -0.2) is 0 Å². The summed E-state index contributed by atoms with van der Waals surface area (Å²) in [5, 5.41) is 0. The molecule has 38 heavy (non-hydrogen) atoms. The van der Waals surface area contributed by atoms with Crippen LogP contribution < -0.4 is 0 Å². The molecule has 1 heterocycles. The first-order chi connectivity index (χ1) is 18.8. The average molecular weight is 662 g/mol. The average Bonchev–Trinajstić information content (AvgIpc) is 2.92. The van der Waals surface area contributed by atoms with Crippen molar-refractivity contribution in [3.63, 3.8) is 0 Å². The molecule has 2 aromatic rings. The van der Waals surface area contributed by atoms with Crippen LogP contribution in [0.4, 0.5) is 0 Å². The third kappa shape index (κ3) is 12.5. The molecule has 0 radical (unpaired) electrons. The number of halogens is 2. The summed E-state index contributed by atoms with van der Waals surface area (Å²) in [7, 11) is 0. The van der Waals surface area contributed by atoms with E-state index in [-0.39, 0.29) is 0 Å². The Morgan fingerprint density at radius 3 is 0.789 bits per heavy atom. The Balaban J connectivity index is 1.42. The van der Waals surface area contributed by atoms with Crippen LogP contribution >= 0.6 is 31.9 Å². The first-order valence-electron chi connectivity index (χ1n) is 12.9. The highest BCUT2D eigenvalue weighted by molar-refractivity contribution is 9.10. The second kappa shape index (κ2) is 20.0. The molecule has 0 aromatic heterocycles. The van der Waals surface area contributed by atoms with Crippen molar-refractivity contribution in [3.8, 4) is 0 Å². The maximum Gasteiger partial charge on any atom is 0.0729 e. The smallest absolute Gasteiger partial charge is 0.0729 e. The van der Waals surface area contributed by atoms with Crippen LogP contribution in [-0.4, -0.2) is 79.3 Å². The zero-order valence-corrected chi connectivity index (χ0v) is 25.0. The fourth-order valence-corrected chi connectivity index (χ4v) is 4.54. The quantitative estimate of drug-likeness (QED) is 0.388. The molecule has 0 N–H and O–H groups in total. The van der Waals surface area contributed by atoms with Crippen LogP contribution in [0.25, 0.3) is 0 Å². The summed E-state index contributed by atoms with van der Waals surface area (Å²) in [6, 6.07) is 12.2. The highest BCUT2D eigenvalue weighted by Crippen LogP contribution is 2.24. The minimum Gasteiger partial charge on any atom is -0.377 e. The molecule has 0 saturated carbocycles. The number of hydrogen-bond donors (Lipinski definition) is 0. The third-order valence-electron chi connectivity index (χ3n) is 5.58. The highest BCUT2D eigenvalue weighted by Gasteiger charge is 2.08. The molecule has 0 saturated heterocycles. The number of rotatable bonds is 0. The zero-order valence-electron chi connectivity index (χ0n) is 21.8. The van der Waals surface area contributed by atoms with E-state index in [9.17, 15) is 0 Å². The Morgan fingerprint density at radius 1 is 0.342 bits per heavy atom. The molecule has 0 spiro atoms. The van der Waals surface area contributed by atoms with Gasteiger partial charge in [-0.15, -0.1) is 0 Å². The van der Waals surface area contributed by atoms with E-state index < -0.39 is 0 Å². The summed E-state index contributed by atoms with van der Waals surface area (Å²) >= 11 is 7.35. The number of hydrogen-bond acceptors (Lipinski definition) is 8. The second-order valence-corrected chi connectivity index (χ2v) is 10.0. The maximum atomic E-state index is 5.78. The van der Waals surface area contributed by atoms with Crippen LogP contribution in [0.3, 0.4) is 0 Å². The molecule has 1 aliphatic rings. The van der Waals surface area contributed by atoms with Gasteiger partial charge >= 0.3 is 0 Å². The molecule has 212 valence electrons. The molecule has 0 amide bonds. The lowest BCUT2D eigenvalue weighted by molar-refractivity contribution is -0.00736. The van der Waals surface area contributed by atoms with Crippen LogP contribution in [-0.2, 0) is 64.3 Å². The predicted molar refractivity (Wildman–Crippen MR) is 150 cm³/mol. The van der Waals surface area contributed by atoms with E-state index in [1.165, 1.54) is 0 Å². The summed E-state index contributed by atoms with van der Waals surface area (Å²) in [6.07, 6.45) is 0. The van der Waals surface area contributed by atoms with Crippen LogP contribution in [0.15, 0.2) is 45.3 Å². The molecule has 8 nitrogen and oxygen atoms in total. The van der Waals surface area contributed by atoms with Crippen LogP contribution in [0.1, 0.15) is 22.3 Å². The summed E-state index contributed by atoms with van der Waals surface area (Å²) in [5.74, 6) is 0. The maximum absolute atomic E-state index is 5.78. The summed E-state index contributed by atoms with van der Waals surface area (Å²) in [4.78, 5) is 0. The van der Waals surface area contributed by atoms with Crippen molar-refractivity contribution in [2.24, 2.45) is 0 Å². The van der Waals surface area contributed by atoms with Gasteiger partial charge in [-0.2, -0.15) is 0 Å². The van der Waals surface area contributed by atoms with Crippen molar-refractivity contribution in [1.29, 1.82) is 0 Å². The summed E-state index contributed by atoms with van der Waals surface area (Å²) < 4.78 is 47.5. The van der Waals surface area contributed by atoms with Gasteiger partial charge in [-0.1, -0.05) is 68.3 Å². The number of fused-ring (bicyclic) bond motifs is 4. The lowest BCUT2D eigenvalue weighted by Crippen LogP contribution is -2.12. The van der Waals surface area contributed by atoms with Gasteiger partial charge in [0.05, 0.1) is 106 Å². The molecule has 3 rings (SSSR count). The Bertz CT molecular complexity index is 776. The Morgan fingerprint density at radius 2 is 0.553 bits per heavy atom. The van der Waals surface area contributed by atoms with Crippen molar-refractivity contribution >= 4 is 31.9 Å². The standard InChI is InChI=1S/C28H38Br2O8/c29-27-23-3-1-4-24(27)20-36-16-12-32-8-10-34-14-18-38-22-26-6-2-5-25(28(26)30)21-37-17-13-33-9-7-31-11-15-35-19-23/h1-6H,7-22H2. The van der Waals surface area contributed by atoms with Crippen LogP contribution in [0, 0.1) is 0 Å². The molecule has 2 aromatic carbocycles. The van der Waals surface area contributed by atoms with Gasteiger partial charge in [-0.05, 0) is 22.3 Å². The highest BCUT2D eigenvalue weighted by atomic mass is 79.9. The Hall–Kier alpha value is -0.920. The van der Waals surface area contributed by atoms with E-state index in [0.29, 0.717) is 106 Å². The first-order valence-corrected chi connectivity index (χ1v) is 14.5. The summed E-state index contributed by atoms with van der Waals surface area (Å²) in [5.41, 5.74) is 4.30. The SMILES string of the molecule is Brc1c2cccc1COCCOCCOCCOCc1cccc(c1Br)COCCOCCOCCOC2.